The molecule has 2 N–H and O–H groups in total. The smallest absolute Gasteiger partial charge is 0.127 e. The molecule has 188 valence electrons. The maximum absolute atomic E-state index is 11.0. The molecule has 5 heteroatoms. The molecule has 0 amide bonds. The van der Waals surface area contributed by atoms with Crippen molar-refractivity contribution in [1.29, 1.82) is 0 Å². The van der Waals surface area contributed by atoms with Gasteiger partial charge >= 0.3 is 0 Å². The van der Waals surface area contributed by atoms with Crippen molar-refractivity contribution in [1.82, 2.24) is 5.32 Å². The highest BCUT2D eigenvalue weighted by atomic mass is 16.5. The second kappa shape index (κ2) is 12.3. The van der Waals surface area contributed by atoms with Crippen LogP contribution >= 0.6 is 0 Å². The normalized spacial score (nSPS) is 13.2. The molecule has 1 aliphatic heterocycles. The molecule has 0 aliphatic carbocycles. The Morgan fingerprint density at radius 2 is 1.35 bits per heavy atom. The maximum atomic E-state index is 11.0. The van der Waals surface area contributed by atoms with Crippen LogP contribution in [0.1, 0.15) is 28.4 Å². The highest BCUT2D eigenvalue weighted by Gasteiger charge is 2.14. The number of rotatable bonds is 11. The molecule has 0 saturated carbocycles. The first-order chi connectivity index (χ1) is 18.2. The highest BCUT2D eigenvalue weighted by Crippen LogP contribution is 2.29. The second-order valence-corrected chi connectivity index (χ2v) is 9.06. The summed E-state index contributed by atoms with van der Waals surface area (Å²) in [4.78, 5) is 0. The van der Waals surface area contributed by atoms with Crippen LogP contribution in [0.15, 0.2) is 109 Å². The molecule has 4 aromatic rings. The third-order valence-electron chi connectivity index (χ3n) is 6.17. The third kappa shape index (κ3) is 7.00. The number of hydrogen-bond donors (Lipinski definition) is 2. The molecule has 0 radical (unpaired) electrons. The largest absolute Gasteiger partial charge is 0.489 e. The Hall–Kier alpha value is -4.06. The second-order valence-electron chi connectivity index (χ2n) is 9.06. The van der Waals surface area contributed by atoms with Crippen LogP contribution in [0.2, 0.25) is 0 Å². The van der Waals surface area contributed by atoms with Crippen LogP contribution in [-0.2, 0) is 13.2 Å². The summed E-state index contributed by atoms with van der Waals surface area (Å²) in [5, 5.41) is 14.4. The first-order valence-corrected chi connectivity index (χ1v) is 12.5. The van der Waals surface area contributed by atoms with Crippen molar-refractivity contribution in [3.63, 3.8) is 0 Å². The summed E-state index contributed by atoms with van der Waals surface area (Å²) in [6.45, 7) is 2.44. The summed E-state index contributed by atoms with van der Waals surface area (Å²) in [5.74, 6) is 2.22. The summed E-state index contributed by atoms with van der Waals surface area (Å²) in [6, 6.07) is 33.7. The predicted molar refractivity (Wildman–Crippen MR) is 146 cm³/mol. The van der Waals surface area contributed by atoms with Gasteiger partial charge in [-0.2, -0.15) is 0 Å². The summed E-state index contributed by atoms with van der Waals surface area (Å²) in [5.41, 5.74) is 5.10. The Morgan fingerprint density at radius 1 is 0.757 bits per heavy atom. The molecular weight excluding hydrogens is 462 g/mol. The van der Waals surface area contributed by atoms with E-state index in [4.69, 9.17) is 14.2 Å². The molecule has 1 aliphatic rings. The van der Waals surface area contributed by atoms with Crippen LogP contribution in [-0.4, -0.2) is 24.8 Å². The van der Waals surface area contributed by atoms with Crippen LogP contribution < -0.4 is 19.5 Å². The number of aliphatic hydroxyl groups is 1. The topological polar surface area (TPSA) is 60.0 Å². The minimum absolute atomic E-state index is 0.388. The van der Waals surface area contributed by atoms with E-state index in [1.54, 1.807) is 0 Å². The molecule has 0 saturated heterocycles. The van der Waals surface area contributed by atoms with E-state index >= 15 is 0 Å². The van der Waals surface area contributed by atoms with E-state index in [1.165, 1.54) is 0 Å². The maximum Gasteiger partial charge on any atom is 0.127 e. The molecule has 37 heavy (non-hydrogen) atoms. The molecular formula is C32H31NO4. The number of ether oxygens (including phenoxy) is 3. The van der Waals surface area contributed by atoms with Gasteiger partial charge in [-0.15, -0.1) is 0 Å². The Balaban J connectivity index is 1.24. The molecule has 1 heterocycles. The summed E-state index contributed by atoms with van der Waals surface area (Å²) in [7, 11) is 0. The molecule has 5 rings (SSSR count). The summed E-state index contributed by atoms with van der Waals surface area (Å²) in [6.07, 6.45) is 1.42. The van der Waals surface area contributed by atoms with Gasteiger partial charge < -0.3 is 24.6 Å². The number of para-hydroxylation sites is 1. The molecule has 0 bridgehead atoms. The van der Waals surface area contributed by atoms with Crippen LogP contribution in [0.4, 0.5) is 0 Å². The minimum Gasteiger partial charge on any atom is -0.489 e. The number of aliphatic hydroxyl groups excluding tert-OH is 1. The Kier molecular flexibility index (Phi) is 8.16. The zero-order valence-electron chi connectivity index (χ0n) is 20.7. The van der Waals surface area contributed by atoms with Gasteiger partial charge in [0.2, 0.25) is 0 Å². The average molecular weight is 494 g/mol. The lowest BCUT2D eigenvalue weighted by Gasteiger charge is -2.20. The van der Waals surface area contributed by atoms with Gasteiger partial charge in [-0.1, -0.05) is 78.9 Å². The van der Waals surface area contributed by atoms with Gasteiger partial charge in [0.1, 0.15) is 37.1 Å². The van der Waals surface area contributed by atoms with Gasteiger partial charge in [-0.3, -0.25) is 0 Å². The highest BCUT2D eigenvalue weighted by molar-refractivity contribution is 5.62. The minimum atomic E-state index is -0.725. The standard InChI is InChI=1S/C32H31NO4/c34-31(20-33-19-26-15-27-13-7-8-14-32(27)37-23-26)28-16-29(35-21-24-9-3-1-4-10-24)18-30(17-28)36-22-25-11-5-2-6-12-25/h1-18,31,33-34H,19-23H2. The van der Waals surface area contributed by atoms with Crippen molar-refractivity contribution in [2.24, 2.45) is 0 Å². The lowest BCUT2D eigenvalue weighted by Crippen LogP contribution is -2.26. The van der Waals surface area contributed by atoms with Crippen molar-refractivity contribution in [2.45, 2.75) is 19.3 Å². The van der Waals surface area contributed by atoms with Crippen molar-refractivity contribution >= 4 is 6.08 Å². The molecule has 0 fully saturated rings. The van der Waals surface area contributed by atoms with Gasteiger partial charge in [0.15, 0.2) is 0 Å². The lowest BCUT2D eigenvalue weighted by atomic mass is 10.1. The van der Waals surface area contributed by atoms with Crippen molar-refractivity contribution in [3.8, 4) is 17.2 Å². The lowest BCUT2D eigenvalue weighted by molar-refractivity contribution is 0.174. The van der Waals surface area contributed by atoms with E-state index in [0.29, 0.717) is 44.4 Å². The summed E-state index contributed by atoms with van der Waals surface area (Å²) < 4.78 is 18.0. The van der Waals surface area contributed by atoms with Gasteiger partial charge in [0, 0.05) is 24.7 Å². The summed E-state index contributed by atoms with van der Waals surface area (Å²) >= 11 is 0. The van der Waals surface area contributed by atoms with E-state index in [1.807, 2.05) is 103 Å². The Labute approximate surface area is 218 Å². The average Bonchev–Trinajstić information content (AvgIpc) is 2.96. The fourth-order valence-electron chi connectivity index (χ4n) is 4.19. The van der Waals surface area contributed by atoms with Crippen LogP contribution in [0.25, 0.3) is 6.08 Å². The molecule has 0 aromatic heterocycles. The van der Waals surface area contributed by atoms with Crippen LogP contribution in [0, 0.1) is 0 Å². The fraction of sp³-hybridized carbons (Fsp3) is 0.188. The SMILES string of the molecule is OC(CNCC1=Cc2ccccc2OC1)c1cc(OCc2ccccc2)cc(OCc2ccccc2)c1. The number of nitrogens with one attached hydrogen (secondary N) is 1. The molecule has 5 nitrogen and oxygen atoms in total. The van der Waals surface area contributed by atoms with E-state index in [0.717, 1.165) is 33.6 Å². The number of hydrogen-bond acceptors (Lipinski definition) is 5. The van der Waals surface area contributed by atoms with Crippen LogP contribution in [0.3, 0.4) is 0 Å². The number of benzene rings is 4. The third-order valence-corrected chi connectivity index (χ3v) is 6.17. The zero-order chi connectivity index (χ0) is 25.3. The quantitative estimate of drug-likeness (QED) is 0.271. The molecule has 4 aromatic carbocycles. The monoisotopic (exact) mass is 493 g/mol. The molecule has 1 atom stereocenters. The van der Waals surface area contributed by atoms with Crippen LogP contribution in [0.5, 0.6) is 17.2 Å². The van der Waals surface area contributed by atoms with E-state index in [9.17, 15) is 5.11 Å². The van der Waals surface area contributed by atoms with Crippen molar-refractivity contribution in [2.75, 3.05) is 19.7 Å². The first kappa shape index (κ1) is 24.6. The van der Waals surface area contributed by atoms with Gasteiger partial charge in [-0.05, 0) is 46.5 Å². The first-order valence-electron chi connectivity index (χ1n) is 12.5. The van der Waals surface area contributed by atoms with E-state index < -0.39 is 6.10 Å². The fourth-order valence-corrected chi connectivity index (χ4v) is 4.19. The number of fused-ring (bicyclic) bond motifs is 1. The van der Waals surface area contributed by atoms with Crippen molar-refractivity contribution < 1.29 is 19.3 Å². The van der Waals surface area contributed by atoms with Crippen molar-refractivity contribution in [3.05, 3.63) is 131 Å². The van der Waals surface area contributed by atoms with Gasteiger partial charge in [0.25, 0.3) is 0 Å². The van der Waals surface area contributed by atoms with Gasteiger partial charge in [0.05, 0.1) is 6.10 Å². The van der Waals surface area contributed by atoms with Gasteiger partial charge in [-0.25, -0.2) is 0 Å². The van der Waals surface area contributed by atoms with E-state index in [2.05, 4.69) is 11.4 Å². The molecule has 1 unspecified atom stereocenters. The Bertz CT molecular complexity index is 1260. The molecule has 0 spiro atoms. The predicted octanol–water partition coefficient (Wildman–Crippen LogP) is 5.94. The Morgan fingerprint density at radius 3 is 2.00 bits per heavy atom. The van der Waals surface area contributed by atoms with E-state index in [-0.39, 0.29) is 0 Å². The zero-order valence-corrected chi connectivity index (χ0v) is 20.7.